The molecule has 5 heteroatoms. The quantitative estimate of drug-likeness (QED) is 0.607. The van der Waals surface area contributed by atoms with Crippen LogP contribution in [0.5, 0.6) is 0 Å². The summed E-state index contributed by atoms with van der Waals surface area (Å²) in [6.07, 6.45) is 3.26. The zero-order valence-electron chi connectivity index (χ0n) is 17.8. The Morgan fingerprint density at radius 3 is 2.53 bits per heavy atom. The fourth-order valence-electron chi connectivity index (χ4n) is 4.37. The monoisotopic (exact) mass is 405 g/mol. The summed E-state index contributed by atoms with van der Waals surface area (Å²) in [5.41, 5.74) is 2.97. The molecule has 2 heterocycles. The van der Waals surface area contributed by atoms with E-state index in [0.717, 1.165) is 36.0 Å². The first-order valence-electron chi connectivity index (χ1n) is 10.9. The van der Waals surface area contributed by atoms with Gasteiger partial charge in [-0.3, -0.25) is 0 Å². The summed E-state index contributed by atoms with van der Waals surface area (Å²) in [5.74, 6) is 0.775. The summed E-state index contributed by atoms with van der Waals surface area (Å²) in [6, 6.07) is 17.9. The van der Waals surface area contributed by atoms with E-state index in [-0.39, 0.29) is 11.9 Å². The van der Waals surface area contributed by atoms with Gasteiger partial charge in [0.2, 0.25) is 0 Å². The van der Waals surface area contributed by atoms with Crippen LogP contribution in [-0.4, -0.2) is 33.7 Å². The largest absolute Gasteiger partial charge is 0.388 e. The van der Waals surface area contributed by atoms with E-state index in [2.05, 4.69) is 42.1 Å². The number of piperidine rings is 1. The third-order valence-corrected chi connectivity index (χ3v) is 6.00. The Morgan fingerprint density at radius 2 is 1.83 bits per heavy atom. The van der Waals surface area contributed by atoms with Crippen LogP contribution in [0.1, 0.15) is 38.4 Å². The summed E-state index contributed by atoms with van der Waals surface area (Å²) < 4.78 is 2.26. The van der Waals surface area contributed by atoms with E-state index in [9.17, 15) is 9.90 Å². The molecule has 1 aliphatic heterocycles. The maximum Gasteiger partial charge on any atom is 0.321 e. The minimum Gasteiger partial charge on any atom is -0.388 e. The lowest BCUT2D eigenvalue weighted by Gasteiger charge is -2.34. The van der Waals surface area contributed by atoms with Crippen molar-refractivity contribution in [1.29, 1.82) is 0 Å². The van der Waals surface area contributed by atoms with Gasteiger partial charge in [0, 0.05) is 42.4 Å². The number of carbonyl (C=O) groups is 1. The predicted octanol–water partition coefficient (Wildman–Crippen LogP) is 5.27. The summed E-state index contributed by atoms with van der Waals surface area (Å²) in [7, 11) is 0. The molecule has 4 rings (SSSR count). The number of urea groups is 1. The van der Waals surface area contributed by atoms with Crippen molar-refractivity contribution in [3.05, 3.63) is 66.4 Å². The van der Waals surface area contributed by atoms with Gasteiger partial charge in [0.05, 0.1) is 6.10 Å². The summed E-state index contributed by atoms with van der Waals surface area (Å²) >= 11 is 0. The van der Waals surface area contributed by atoms with Crippen LogP contribution >= 0.6 is 0 Å². The molecule has 1 unspecified atom stereocenters. The molecule has 30 heavy (non-hydrogen) atoms. The van der Waals surface area contributed by atoms with Gasteiger partial charge in [0.1, 0.15) is 0 Å². The van der Waals surface area contributed by atoms with E-state index in [0.29, 0.717) is 19.0 Å². The second-order valence-electron chi connectivity index (χ2n) is 8.75. The SMILES string of the molecule is CC(C)Cn1ccc2cc(NC(=O)N3CCC(C(O)c4ccccc4)CC3)ccc21. The van der Waals surface area contributed by atoms with E-state index in [1.165, 1.54) is 5.52 Å². The van der Waals surface area contributed by atoms with Gasteiger partial charge in [-0.2, -0.15) is 0 Å². The average molecular weight is 406 g/mol. The molecule has 0 aliphatic carbocycles. The standard InChI is InChI=1S/C25H31N3O2/c1-18(2)17-28-15-12-21-16-22(8-9-23(21)28)26-25(30)27-13-10-20(11-14-27)24(29)19-6-4-3-5-7-19/h3-9,12,15-16,18,20,24,29H,10-11,13-14,17H2,1-2H3,(H,26,30). The molecule has 2 aromatic carbocycles. The average Bonchev–Trinajstić information content (AvgIpc) is 3.15. The van der Waals surface area contributed by atoms with Gasteiger partial charge < -0.3 is 19.9 Å². The van der Waals surface area contributed by atoms with Crippen molar-refractivity contribution in [2.24, 2.45) is 11.8 Å². The number of likely N-dealkylation sites (tertiary alicyclic amines) is 1. The molecular weight excluding hydrogens is 374 g/mol. The lowest BCUT2D eigenvalue weighted by atomic mass is 9.87. The number of rotatable bonds is 5. The molecule has 3 aromatic rings. The number of hydrogen-bond acceptors (Lipinski definition) is 2. The number of anilines is 1. The van der Waals surface area contributed by atoms with E-state index < -0.39 is 6.10 Å². The molecule has 1 saturated heterocycles. The van der Waals surface area contributed by atoms with Crippen molar-refractivity contribution in [1.82, 2.24) is 9.47 Å². The first-order chi connectivity index (χ1) is 14.5. The Balaban J connectivity index is 1.34. The first kappa shape index (κ1) is 20.5. The molecule has 158 valence electrons. The molecule has 5 nitrogen and oxygen atoms in total. The van der Waals surface area contributed by atoms with Gasteiger partial charge >= 0.3 is 6.03 Å². The molecule has 0 radical (unpaired) electrons. The van der Waals surface area contributed by atoms with Gasteiger partial charge in [-0.15, -0.1) is 0 Å². The second-order valence-corrected chi connectivity index (χ2v) is 8.75. The van der Waals surface area contributed by atoms with Crippen LogP contribution in [0.4, 0.5) is 10.5 Å². The van der Waals surface area contributed by atoms with Crippen molar-refractivity contribution >= 4 is 22.6 Å². The van der Waals surface area contributed by atoms with E-state index in [4.69, 9.17) is 0 Å². The highest BCUT2D eigenvalue weighted by Crippen LogP contribution is 2.31. The van der Waals surface area contributed by atoms with Crippen LogP contribution in [0, 0.1) is 11.8 Å². The zero-order chi connectivity index (χ0) is 21.1. The van der Waals surface area contributed by atoms with Crippen molar-refractivity contribution in [2.45, 2.75) is 39.3 Å². The molecule has 2 amide bonds. The number of amides is 2. The molecule has 0 saturated carbocycles. The van der Waals surface area contributed by atoms with Crippen LogP contribution in [0.15, 0.2) is 60.8 Å². The number of benzene rings is 2. The molecule has 1 atom stereocenters. The normalized spacial score (nSPS) is 16.2. The summed E-state index contributed by atoms with van der Waals surface area (Å²) in [6.45, 7) is 6.73. The van der Waals surface area contributed by atoms with E-state index >= 15 is 0 Å². The van der Waals surface area contributed by atoms with Gasteiger partial charge in [0.25, 0.3) is 0 Å². The Kier molecular flexibility index (Phi) is 6.09. The molecule has 1 aliphatic rings. The number of aliphatic hydroxyl groups excluding tert-OH is 1. The lowest BCUT2D eigenvalue weighted by Crippen LogP contribution is -2.42. The minimum atomic E-state index is -0.464. The van der Waals surface area contributed by atoms with Gasteiger partial charge in [-0.1, -0.05) is 44.2 Å². The molecular formula is C25H31N3O2. The first-order valence-corrected chi connectivity index (χ1v) is 10.9. The number of nitrogens with zero attached hydrogens (tertiary/aromatic N) is 2. The van der Waals surface area contributed by atoms with Crippen molar-refractivity contribution in [3.63, 3.8) is 0 Å². The fraction of sp³-hybridized carbons (Fsp3) is 0.400. The van der Waals surface area contributed by atoms with Crippen LogP contribution < -0.4 is 5.32 Å². The highest BCUT2D eigenvalue weighted by atomic mass is 16.3. The third-order valence-electron chi connectivity index (χ3n) is 6.00. The Labute approximate surface area is 178 Å². The number of aliphatic hydroxyl groups is 1. The van der Waals surface area contributed by atoms with Gasteiger partial charge in [-0.25, -0.2) is 4.79 Å². The molecule has 1 fully saturated rings. The van der Waals surface area contributed by atoms with E-state index in [1.54, 1.807) is 0 Å². The maximum absolute atomic E-state index is 12.7. The van der Waals surface area contributed by atoms with Crippen molar-refractivity contribution in [2.75, 3.05) is 18.4 Å². The maximum atomic E-state index is 12.7. The summed E-state index contributed by atoms with van der Waals surface area (Å²) in [5, 5.41) is 14.8. The highest BCUT2D eigenvalue weighted by Gasteiger charge is 2.28. The number of carbonyl (C=O) groups excluding carboxylic acids is 1. The van der Waals surface area contributed by atoms with Crippen molar-refractivity contribution < 1.29 is 9.90 Å². The Hall–Kier alpha value is -2.79. The predicted molar refractivity (Wildman–Crippen MR) is 121 cm³/mol. The van der Waals surface area contributed by atoms with Crippen LogP contribution in [-0.2, 0) is 6.54 Å². The summed E-state index contributed by atoms with van der Waals surface area (Å²) in [4.78, 5) is 14.6. The smallest absolute Gasteiger partial charge is 0.321 e. The van der Waals surface area contributed by atoms with Gasteiger partial charge in [-0.05, 0) is 54.5 Å². The van der Waals surface area contributed by atoms with Crippen molar-refractivity contribution in [3.8, 4) is 0 Å². The van der Waals surface area contributed by atoms with Gasteiger partial charge in [0.15, 0.2) is 0 Å². The molecule has 2 N–H and O–H groups in total. The van der Waals surface area contributed by atoms with E-state index in [1.807, 2.05) is 47.4 Å². The highest BCUT2D eigenvalue weighted by molar-refractivity contribution is 5.93. The Morgan fingerprint density at radius 1 is 1.10 bits per heavy atom. The number of nitrogens with one attached hydrogen (secondary N) is 1. The van der Waals surface area contributed by atoms with Crippen LogP contribution in [0.25, 0.3) is 10.9 Å². The fourth-order valence-corrected chi connectivity index (χ4v) is 4.37. The third kappa shape index (κ3) is 4.51. The van der Waals surface area contributed by atoms with Crippen LogP contribution in [0.2, 0.25) is 0 Å². The second kappa shape index (κ2) is 8.92. The van der Waals surface area contributed by atoms with Crippen LogP contribution in [0.3, 0.4) is 0 Å². The number of hydrogen-bond donors (Lipinski definition) is 2. The zero-order valence-corrected chi connectivity index (χ0v) is 17.8. The molecule has 1 aromatic heterocycles. The molecule has 0 bridgehead atoms. The molecule has 0 spiro atoms. The Bertz CT molecular complexity index is 988. The minimum absolute atomic E-state index is 0.0661. The lowest BCUT2D eigenvalue weighted by molar-refractivity contribution is 0.0683. The number of fused-ring (bicyclic) bond motifs is 1. The topological polar surface area (TPSA) is 57.5 Å². The number of aromatic nitrogens is 1.